The van der Waals surface area contributed by atoms with E-state index >= 15 is 0 Å². The van der Waals surface area contributed by atoms with Crippen LogP contribution >= 0.6 is 0 Å². The van der Waals surface area contributed by atoms with Gasteiger partial charge in [-0.05, 0) is 50.4 Å². The molecular formula is C16H25NO2. The monoisotopic (exact) mass is 263 g/mol. The summed E-state index contributed by atoms with van der Waals surface area (Å²) < 4.78 is 0. The predicted octanol–water partition coefficient (Wildman–Crippen LogP) is 2.19. The first-order valence-corrected chi connectivity index (χ1v) is 8.08. The highest BCUT2D eigenvalue weighted by Crippen LogP contribution is 2.66. The Kier molecular flexibility index (Phi) is 2.48. The van der Waals surface area contributed by atoms with Crippen LogP contribution in [0.5, 0.6) is 0 Å². The van der Waals surface area contributed by atoms with E-state index in [0.717, 1.165) is 58.0 Å². The maximum absolute atomic E-state index is 12.5. The molecule has 0 aromatic rings. The van der Waals surface area contributed by atoms with Gasteiger partial charge in [-0.1, -0.05) is 6.92 Å². The average Bonchev–Trinajstić information content (AvgIpc) is 2.59. The maximum Gasteiger partial charge on any atom is 0.137 e. The van der Waals surface area contributed by atoms with E-state index in [1.807, 2.05) is 0 Å². The zero-order valence-electron chi connectivity index (χ0n) is 11.9. The minimum absolute atomic E-state index is 0.0919. The molecule has 0 aromatic carbocycles. The van der Waals surface area contributed by atoms with Gasteiger partial charge in [0.1, 0.15) is 11.5 Å². The van der Waals surface area contributed by atoms with Crippen LogP contribution in [0.2, 0.25) is 0 Å². The third-order valence-electron chi connectivity index (χ3n) is 6.71. The molecule has 6 unspecified atom stereocenters. The number of carbonyl (C=O) groups is 1. The summed E-state index contributed by atoms with van der Waals surface area (Å²) in [6.07, 6.45) is 7.12. The fraction of sp³-hybridized carbons (Fsp3) is 0.938. The Morgan fingerprint density at radius 2 is 2.11 bits per heavy atom. The van der Waals surface area contributed by atoms with Crippen molar-refractivity contribution in [2.45, 2.75) is 57.6 Å². The van der Waals surface area contributed by atoms with Crippen LogP contribution in [0.15, 0.2) is 0 Å². The molecule has 106 valence electrons. The molecule has 3 heteroatoms. The van der Waals surface area contributed by atoms with E-state index < -0.39 is 5.72 Å². The molecule has 0 radical (unpaired) electrons. The second-order valence-electron chi connectivity index (χ2n) is 7.55. The first-order valence-electron chi connectivity index (χ1n) is 8.08. The second kappa shape index (κ2) is 3.82. The number of rotatable bonds is 0. The molecular weight excluding hydrogens is 238 g/mol. The Morgan fingerprint density at radius 1 is 1.32 bits per heavy atom. The molecule has 0 aromatic heterocycles. The summed E-state index contributed by atoms with van der Waals surface area (Å²) >= 11 is 0. The number of aliphatic hydroxyl groups is 1. The van der Waals surface area contributed by atoms with Crippen LogP contribution in [0, 0.1) is 23.2 Å². The van der Waals surface area contributed by atoms with Crippen LogP contribution < -0.4 is 0 Å². The van der Waals surface area contributed by atoms with E-state index in [1.54, 1.807) is 0 Å². The molecule has 2 bridgehead atoms. The molecule has 1 spiro atoms. The zero-order chi connectivity index (χ0) is 13.3. The Morgan fingerprint density at radius 3 is 2.95 bits per heavy atom. The highest BCUT2D eigenvalue weighted by molar-refractivity contribution is 5.85. The number of Topliss-reactive ketones (excluding diaryl/α,β-unsaturated/α-hetero) is 1. The minimum atomic E-state index is -0.680. The van der Waals surface area contributed by atoms with Crippen molar-refractivity contribution >= 4 is 5.78 Å². The van der Waals surface area contributed by atoms with Crippen molar-refractivity contribution in [2.24, 2.45) is 23.2 Å². The number of piperidine rings is 1. The Labute approximate surface area is 115 Å². The maximum atomic E-state index is 12.5. The van der Waals surface area contributed by atoms with Gasteiger partial charge in [-0.2, -0.15) is 0 Å². The van der Waals surface area contributed by atoms with Crippen LogP contribution in [0.25, 0.3) is 0 Å². The van der Waals surface area contributed by atoms with Crippen LogP contribution in [0.3, 0.4) is 0 Å². The molecule has 19 heavy (non-hydrogen) atoms. The molecule has 2 saturated heterocycles. The SMILES string of the molecule is CC1CC2CC(=O)C3CCCN4CCCC23C4(O)C1. The fourth-order valence-corrected chi connectivity index (χ4v) is 6.23. The summed E-state index contributed by atoms with van der Waals surface area (Å²) in [5.74, 6) is 1.61. The standard InChI is InChI=1S/C16H25NO2/c1-11-8-12-9-14(18)13-4-2-6-17-7-3-5-15(12,13)16(17,19)10-11/h11-13,19H,2-10H2,1H3. The van der Waals surface area contributed by atoms with Crippen LogP contribution in [0.4, 0.5) is 0 Å². The van der Waals surface area contributed by atoms with Crippen molar-refractivity contribution in [3.8, 4) is 0 Å². The molecule has 2 aliphatic carbocycles. The lowest BCUT2D eigenvalue weighted by Crippen LogP contribution is -2.68. The van der Waals surface area contributed by atoms with Crippen LogP contribution in [-0.2, 0) is 4.79 Å². The number of carbonyl (C=O) groups excluding carboxylic acids is 1. The van der Waals surface area contributed by atoms with E-state index in [0.29, 0.717) is 17.6 Å². The van der Waals surface area contributed by atoms with E-state index in [9.17, 15) is 9.90 Å². The van der Waals surface area contributed by atoms with Gasteiger partial charge in [-0.15, -0.1) is 0 Å². The van der Waals surface area contributed by atoms with Crippen molar-refractivity contribution in [2.75, 3.05) is 13.1 Å². The molecule has 4 rings (SSSR count). The van der Waals surface area contributed by atoms with Gasteiger partial charge in [0.2, 0.25) is 0 Å². The lowest BCUT2D eigenvalue weighted by molar-refractivity contribution is -0.264. The first-order chi connectivity index (χ1) is 9.08. The third kappa shape index (κ3) is 1.33. The smallest absolute Gasteiger partial charge is 0.137 e. The molecule has 2 heterocycles. The average molecular weight is 263 g/mol. The van der Waals surface area contributed by atoms with Gasteiger partial charge >= 0.3 is 0 Å². The fourth-order valence-electron chi connectivity index (χ4n) is 6.23. The number of hydrogen-bond acceptors (Lipinski definition) is 3. The molecule has 4 aliphatic rings. The van der Waals surface area contributed by atoms with Crippen LogP contribution in [0.1, 0.15) is 51.9 Å². The Balaban J connectivity index is 1.90. The largest absolute Gasteiger partial charge is 0.375 e. The Hall–Kier alpha value is -0.410. The van der Waals surface area contributed by atoms with E-state index in [4.69, 9.17) is 0 Å². The summed E-state index contributed by atoms with van der Waals surface area (Å²) in [7, 11) is 0. The van der Waals surface area contributed by atoms with E-state index in [1.165, 1.54) is 0 Å². The van der Waals surface area contributed by atoms with Crippen molar-refractivity contribution < 1.29 is 9.90 Å². The van der Waals surface area contributed by atoms with Gasteiger partial charge in [-0.25, -0.2) is 0 Å². The van der Waals surface area contributed by atoms with Crippen molar-refractivity contribution in [1.29, 1.82) is 0 Å². The number of hydrogen-bond donors (Lipinski definition) is 1. The lowest BCUT2D eigenvalue weighted by atomic mass is 9.53. The van der Waals surface area contributed by atoms with Gasteiger partial charge in [0.25, 0.3) is 0 Å². The van der Waals surface area contributed by atoms with Gasteiger partial charge in [0, 0.05) is 30.8 Å². The van der Waals surface area contributed by atoms with Gasteiger partial charge < -0.3 is 5.11 Å². The molecule has 4 fully saturated rings. The quantitative estimate of drug-likeness (QED) is 0.728. The molecule has 0 amide bonds. The summed E-state index contributed by atoms with van der Waals surface area (Å²) in [6, 6.07) is 0. The summed E-state index contributed by atoms with van der Waals surface area (Å²) in [4.78, 5) is 14.9. The highest BCUT2D eigenvalue weighted by atomic mass is 16.3. The Bertz CT molecular complexity index is 423. The van der Waals surface area contributed by atoms with Crippen molar-refractivity contribution in [1.82, 2.24) is 4.90 Å². The normalized spacial score (nSPS) is 56.6. The number of nitrogens with zero attached hydrogens (tertiary/aromatic N) is 1. The highest BCUT2D eigenvalue weighted by Gasteiger charge is 2.69. The molecule has 3 nitrogen and oxygen atoms in total. The van der Waals surface area contributed by atoms with Crippen molar-refractivity contribution in [3.63, 3.8) is 0 Å². The lowest BCUT2D eigenvalue weighted by Gasteiger charge is -2.61. The third-order valence-corrected chi connectivity index (χ3v) is 6.71. The summed E-state index contributed by atoms with van der Waals surface area (Å²) in [5.41, 5.74) is -0.772. The molecule has 1 N–H and O–H groups in total. The van der Waals surface area contributed by atoms with Crippen LogP contribution in [-0.4, -0.2) is 34.6 Å². The second-order valence-corrected chi connectivity index (χ2v) is 7.55. The minimum Gasteiger partial charge on any atom is -0.375 e. The van der Waals surface area contributed by atoms with Crippen molar-refractivity contribution in [3.05, 3.63) is 0 Å². The molecule has 2 aliphatic heterocycles. The first kappa shape index (κ1) is 12.3. The predicted molar refractivity (Wildman–Crippen MR) is 72.4 cm³/mol. The van der Waals surface area contributed by atoms with Gasteiger partial charge in [0.15, 0.2) is 0 Å². The zero-order valence-corrected chi connectivity index (χ0v) is 11.9. The van der Waals surface area contributed by atoms with Gasteiger partial charge in [-0.3, -0.25) is 9.69 Å². The summed E-state index contributed by atoms with van der Waals surface area (Å²) in [5, 5.41) is 11.6. The molecule has 2 saturated carbocycles. The molecule has 6 atom stereocenters. The number of ketones is 1. The van der Waals surface area contributed by atoms with E-state index in [2.05, 4.69) is 11.8 Å². The van der Waals surface area contributed by atoms with E-state index in [-0.39, 0.29) is 11.3 Å². The topological polar surface area (TPSA) is 40.5 Å². The van der Waals surface area contributed by atoms with Gasteiger partial charge in [0.05, 0.1) is 0 Å². The summed E-state index contributed by atoms with van der Waals surface area (Å²) in [6.45, 7) is 4.27.